The maximum Gasteiger partial charge on any atom is 0.258 e. The van der Waals surface area contributed by atoms with Gasteiger partial charge in [0.2, 0.25) is 0 Å². The molecule has 0 saturated carbocycles. The van der Waals surface area contributed by atoms with Crippen molar-refractivity contribution in [2.45, 2.75) is 38.1 Å². The van der Waals surface area contributed by atoms with Gasteiger partial charge in [0.05, 0.1) is 5.54 Å². The molecule has 2 aromatic carbocycles. The fourth-order valence-corrected chi connectivity index (χ4v) is 3.81. The molecule has 27 heavy (non-hydrogen) atoms. The van der Waals surface area contributed by atoms with Crippen LogP contribution in [0, 0.1) is 0 Å². The topological polar surface area (TPSA) is 47.6 Å². The molecule has 4 nitrogen and oxygen atoms in total. The largest absolute Gasteiger partial charge is 0.484 e. The second kappa shape index (κ2) is 8.89. The van der Waals surface area contributed by atoms with Crippen molar-refractivity contribution in [3.05, 3.63) is 64.1 Å². The number of hydrogen-bond donors (Lipinski definition) is 1. The van der Waals surface area contributed by atoms with Gasteiger partial charge in [-0.25, -0.2) is 0 Å². The van der Waals surface area contributed by atoms with Crippen LogP contribution in [0.5, 0.6) is 5.75 Å². The maximum absolute atomic E-state index is 12.7. The predicted octanol–water partition coefficient (Wildman–Crippen LogP) is 4.77. The van der Waals surface area contributed by atoms with Crippen molar-refractivity contribution in [1.82, 2.24) is 5.32 Å². The molecule has 144 valence electrons. The minimum atomic E-state index is -0.414. The van der Waals surface area contributed by atoms with Gasteiger partial charge in [-0.3, -0.25) is 4.79 Å². The molecule has 3 rings (SSSR count). The highest BCUT2D eigenvalue weighted by atomic mass is 79.9. The fourth-order valence-electron chi connectivity index (χ4n) is 3.41. The molecule has 0 unspecified atom stereocenters. The van der Waals surface area contributed by atoms with Gasteiger partial charge in [-0.2, -0.15) is 0 Å². The number of benzene rings is 2. The summed E-state index contributed by atoms with van der Waals surface area (Å²) in [5.41, 5.74) is 1.88. The Morgan fingerprint density at radius 2 is 1.93 bits per heavy atom. The Morgan fingerprint density at radius 3 is 2.63 bits per heavy atom. The fraction of sp³-hybridized carbons (Fsp3) is 0.409. The lowest BCUT2D eigenvalue weighted by atomic mass is 9.82. The molecule has 1 saturated heterocycles. The molecular formula is C22H26BrNO3. The number of rotatable bonds is 6. The van der Waals surface area contributed by atoms with Gasteiger partial charge in [-0.05, 0) is 54.2 Å². The van der Waals surface area contributed by atoms with Crippen LogP contribution >= 0.6 is 15.9 Å². The Labute approximate surface area is 169 Å². The molecule has 1 N–H and O–H groups in total. The number of carbonyl (C=O) groups is 1. The highest BCUT2D eigenvalue weighted by molar-refractivity contribution is 9.10. The SMILES string of the molecule is CC(C)c1cccc(OCC(=O)NC2(c3cccc(Br)c3)CCOCC2)c1. The maximum atomic E-state index is 12.7. The first-order chi connectivity index (χ1) is 13.0. The smallest absolute Gasteiger partial charge is 0.258 e. The average molecular weight is 432 g/mol. The summed E-state index contributed by atoms with van der Waals surface area (Å²) in [6, 6.07) is 16.0. The summed E-state index contributed by atoms with van der Waals surface area (Å²) in [7, 11) is 0. The monoisotopic (exact) mass is 431 g/mol. The van der Waals surface area contributed by atoms with E-state index >= 15 is 0 Å². The lowest BCUT2D eigenvalue weighted by Crippen LogP contribution is -2.50. The number of halogens is 1. The van der Waals surface area contributed by atoms with E-state index in [1.165, 1.54) is 5.56 Å². The minimum absolute atomic E-state index is 0.00183. The lowest BCUT2D eigenvalue weighted by molar-refractivity contribution is -0.126. The summed E-state index contributed by atoms with van der Waals surface area (Å²) in [6.45, 7) is 5.53. The van der Waals surface area contributed by atoms with Crippen molar-refractivity contribution in [2.24, 2.45) is 0 Å². The van der Waals surface area contributed by atoms with Crippen molar-refractivity contribution in [3.63, 3.8) is 0 Å². The number of ether oxygens (including phenoxy) is 2. The van der Waals surface area contributed by atoms with Gasteiger partial charge in [0.15, 0.2) is 6.61 Å². The third kappa shape index (κ3) is 5.11. The Morgan fingerprint density at radius 1 is 1.19 bits per heavy atom. The summed E-state index contributed by atoms with van der Waals surface area (Å²) in [6.07, 6.45) is 1.50. The van der Waals surface area contributed by atoms with Crippen LogP contribution in [0.2, 0.25) is 0 Å². The third-order valence-electron chi connectivity index (χ3n) is 5.00. The summed E-state index contributed by atoms with van der Waals surface area (Å²) >= 11 is 3.53. The third-order valence-corrected chi connectivity index (χ3v) is 5.49. The normalized spacial score (nSPS) is 16.1. The molecule has 2 aromatic rings. The molecule has 0 aromatic heterocycles. The summed E-state index contributed by atoms with van der Waals surface area (Å²) in [4.78, 5) is 12.7. The molecule has 1 aliphatic rings. The van der Waals surface area contributed by atoms with E-state index in [0.717, 1.165) is 28.6 Å². The van der Waals surface area contributed by atoms with Crippen molar-refractivity contribution >= 4 is 21.8 Å². The molecule has 0 radical (unpaired) electrons. The molecule has 0 bridgehead atoms. The zero-order chi connectivity index (χ0) is 19.3. The van der Waals surface area contributed by atoms with Gasteiger partial charge < -0.3 is 14.8 Å². The van der Waals surface area contributed by atoms with Gasteiger partial charge in [0.1, 0.15) is 5.75 Å². The van der Waals surface area contributed by atoms with E-state index in [2.05, 4.69) is 53.3 Å². The molecule has 0 spiro atoms. The Balaban J connectivity index is 1.69. The summed E-state index contributed by atoms with van der Waals surface area (Å²) < 4.78 is 12.3. The number of hydrogen-bond acceptors (Lipinski definition) is 3. The van der Waals surface area contributed by atoms with E-state index in [4.69, 9.17) is 9.47 Å². The van der Waals surface area contributed by atoms with Crippen molar-refractivity contribution in [3.8, 4) is 5.75 Å². The number of nitrogens with one attached hydrogen (secondary N) is 1. The van der Waals surface area contributed by atoms with E-state index < -0.39 is 5.54 Å². The first-order valence-electron chi connectivity index (χ1n) is 9.36. The van der Waals surface area contributed by atoms with Gasteiger partial charge >= 0.3 is 0 Å². The highest BCUT2D eigenvalue weighted by Crippen LogP contribution is 2.33. The van der Waals surface area contributed by atoms with Gasteiger partial charge in [-0.15, -0.1) is 0 Å². The van der Waals surface area contributed by atoms with Crippen LogP contribution in [-0.4, -0.2) is 25.7 Å². The minimum Gasteiger partial charge on any atom is -0.484 e. The second-order valence-corrected chi connectivity index (χ2v) is 8.18. The zero-order valence-electron chi connectivity index (χ0n) is 15.8. The molecule has 1 aliphatic heterocycles. The van der Waals surface area contributed by atoms with E-state index in [0.29, 0.717) is 19.1 Å². The molecular weight excluding hydrogens is 406 g/mol. The standard InChI is InChI=1S/C22H26BrNO3/c1-16(2)17-5-3-8-20(13-17)27-15-21(25)24-22(9-11-26-12-10-22)18-6-4-7-19(23)14-18/h3-8,13-14,16H,9-12,15H2,1-2H3,(H,24,25). The number of amides is 1. The van der Waals surface area contributed by atoms with Crippen molar-refractivity contribution in [1.29, 1.82) is 0 Å². The van der Waals surface area contributed by atoms with Gasteiger partial charge in [0, 0.05) is 17.7 Å². The quantitative estimate of drug-likeness (QED) is 0.715. The van der Waals surface area contributed by atoms with E-state index in [1.54, 1.807) is 0 Å². The van der Waals surface area contributed by atoms with Crippen LogP contribution in [0.25, 0.3) is 0 Å². The number of carbonyl (C=O) groups excluding carboxylic acids is 1. The van der Waals surface area contributed by atoms with Crippen molar-refractivity contribution in [2.75, 3.05) is 19.8 Å². The van der Waals surface area contributed by atoms with Gasteiger partial charge in [-0.1, -0.05) is 54.0 Å². The summed E-state index contributed by atoms with van der Waals surface area (Å²) in [5, 5.41) is 3.22. The van der Waals surface area contributed by atoms with Crippen LogP contribution in [0.3, 0.4) is 0 Å². The van der Waals surface area contributed by atoms with Crippen LogP contribution in [0.1, 0.15) is 43.7 Å². The van der Waals surface area contributed by atoms with Crippen LogP contribution < -0.4 is 10.1 Å². The van der Waals surface area contributed by atoms with Crippen LogP contribution in [0.4, 0.5) is 0 Å². The van der Waals surface area contributed by atoms with Crippen LogP contribution in [-0.2, 0) is 15.1 Å². The first-order valence-corrected chi connectivity index (χ1v) is 10.2. The molecule has 5 heteroatoms. The summed E-state index contributed by atoms with van der Waals surface area (Å²) in [5.74, 6) is 1.02. The van der Waals surface area contributed by atoms with E-state index in [-0.39, 0.29) is 12.5 Å². The molecule has 1 amide bonds. The van der Waals surface area contributed by atoms with Gasteiger partial charge in [0.25, 0.3) is 5.91 Å². The predicted molar refractivity (Wildman–Crippen MR) is 110 cm³/mol. The second-order valence-electron chi connectivity index (χ2n) is 7.27. The van der Waals surface area contributed by atoms with Crippen molar-refractivity contribution < 1.29 is 14.3 Å². The molecule has 0 atom stereocenters. The van der Waals surface area contributed by atoms with E-state index in [1.807, 2.05) is 30.3 Å². The lowest BCUT2D eigenvalue weighted by Gasteiger charge is -2.38. The van der Waals surface area contributed by atoms with Crippen LogP contribution in [0.15, 0.2) is 53.0 Å². The molecule has 0 aliphatic carbocycles. The first kappa shape index (κ1) is 19.9. The van der Waals surface area contributed by atoms with E-state index in [9.17, 15) is 4.79 Å². The molecule has 1 heterocycles. The zero-order valence-corrected chi connectivity index (χ0v) is 17.4. The highest BCUT2D eigenvalue weighted by Gasteiger charge is 2.36. The molecule has 1 fully saturated rings. The Kier molecular flexibility index (Phi) is 6.55. The Bertz CT molecular complexity index is 785. The Hall–Kier alpha value is -1.85. The average Bonchev–Trinajstić information content (AvgIpc) is 2.67.